The lowest BCUT2D eigenvalue weighted by Gasteiger charge is -2.31. The smallest absolute Gasteiger partial charge is 0.251 e. The second kappa shape index (κ2) is 14.5. The van der Waals surface area contributed by atoms with Gasteiger partial charge in [0.25, 0.3) is 11.8 Å². The molecule has 16 heteroatoms. The van der Waals surface area contributed by atoms with E-state index in [4.69, 9.17) is 16.6 Å². The van der Waals surface area contributed by atoms with Crippen molar-refractivity contribution >= 4 is 45.5 Å². The van der Waals surface area contributed by atoms with Gasteiger partial charge in [-0.1, -0.05) is 0 Å². The molecule has 0 spiro atoms. The molecule has 4 aromatic heterocycles. The minimum atomic E-state index is -0.569. The van der Waals surface area contributed by atoms with Crippen molar-refractivity contribution in [3.8, 4) is 22.5 Å². The van der Waals surface area contributed by atoms with Crippen LogP contribution in [0.5, 0.6) is 0 Å². The maximum Gasteiger partial charge on any atom is 0.251 e. The highest BCUT2D eigenvalue weighted by Gasteiger charge is 2.29. The van der Waals surface area contributed by atoms with Gasteiger partial charge < -0.3 is 32.3 Å². The summed E-state index contributed by atoms with van der Waals surface area (Å²) >= 11 is 0. The van der Waals surface area contributed by atoms with Crippen molar-refractivity contribution in [2.24, 2.45) is 0 Å². The molecule has 0 unspecified atom stereocenters. The quantitative estimate of drug-likeness (QED) is 0.143. The Kier molecular flexibility index (Phi) is 9.73. The number of pyridine rings is 2. The molecule has 50 heavy (non-hydrogen) atoms. The van der Waals surface area contributed by atoms with Gasteiger partial charge in [0.05, 0.1) is 35.1 Å². The number of aliphatic hydroxyl groups is 2. The lowest BCUT2D eigenvalue weighted by atomic mass is 9.89. The third-order valence-electron chi connectivity index (χ3n) is 7.78. The van der Waals surface area contributed by atoms with Crippen LogP contribution in [0.15, 0.2) is 73.3 Å². The second-order valence-corrected chi connectivity index (χ2v) is 11.4. The van der Waals surface area contributed by atoms with E-state index >= 15 is 0 Å². The molecular formula is C34H30F2N10O4. The number of amides is 2. The van der Waals surface area contributed by atoms with Crippen LogP contribution >= 0.6 is 0 Å². The summed E-state index contributed by atoms with van der Waals surface area (Å²) in [6.45, 7) is -0.105. The summed E-state index contributed by atoms with van der Waals surface area (Å²) in [5.74, 6) is -1.52. The molecule has 1 aliphatic rings. The summed E-state index contributed by atoms with van der Waals surface area (Å²) in [6, 6.07) is 14.6. The molecular weight excluding hydrogens is 650 g/mol. The van der Waals surface area contributed by atoms with Gasteiger partial charge in [-0.2, -0.15) is 0 Å². The maximum absolute atomic E-state index is 14.1. The van der Waals surface area contributed by atoms with Crippen LogP contribution in [0, 0.1) is 11.6 Å². The van der Waals surface area contributed by atoms with Crippen LogP contribution in [0.1, 0.15) is 33.6 Å². The van der Waals surface area contributed by atoms with Crippen LogP contribution in [-0.2, 0) is 0 Å². The van der Waals surface area contributed by atoms with E-state index < -0.39 is 17.5 Å². The van der Waals surface area contributed by atoms with Gasteiger partial charge in [-0.15, -0.1) is 0 Å². The number of benzene rings is 2. The van der Waals surface area contributed by atoms with E-state index in [0.29, 0.717) is 57.4 Å². The Bertz CT molecular complexity index is 2230. The number of hydrogen-bond donors (Lipinski definition) is 6. The van der Waals surface area contributed by atoms with E-state index in [2.05, 4.69) is 40.5 Å². The summed E-state index contributed by atoms with van der Waals surface area (Å²) in [5, 5.41) is 23.3. The Balaban J connectivity index is 0.000000174. The third kappa shape index (κ3) is 7.56. The number of halogens is 2. The zero-order valence-corrected chi connectivity index (χ0v) is 26.2. The Labute approximate surface area is 282 Å². The van der Waals surface area contributed by atoms with Gasteiger partial charge >= 0.3 is 0 Å². The standard InChI is InChI=1S/C18H16FN5O2.C16H14FN5O2/c19-11-4-9(3-10(5-11)18(26)23-12-6-13(25)7-12)14-1-2-15-16(24-14)17(20)22-8-21-15;17-11-6-9(5-10(7-11)16(24)19-3-4-23)12-1-2-13-14(22-12)15(18)21-8-20-13/h1-5,8,12-13,25H,6-7H2,(H,23,26)(H2,20,21,22);1-2,5-8,23H,3-4H2,(H,19,24)(H2,18,20,21). The van der Waals surface area contributed by atoms with E-state index in [1.165, 1.54) is 36.9 Å². The van der Waals surface area contributed by atoms with Crippen molar-refractivity contribution < 1.29 is 28.6 Å². The Morgan fingerprint density at radius 3 is 1.72 bits per heavy atom. The lowest BCUT2D eigenvalue weighted by molar-refractivity contribution is 0.0562. The van der Waals surface area contributed by atoms with Crippen molar-refractivity contribution in [3.05, 3.63) is 96.1 Å². The largest absolute Gasteiger partial charge is 0.395 e. The molecule has 0 radical (unpaired) electrons. The van der Waals surface area contributed by atoms with Crippen LogP contribution in [0.2, 0.25) is 0 Å². The molecule has 7 rings (SSSR count). The van der Waals surface area contributed by atoms with Gasteiger partial charge in [0, 0.05) is 34.8 Å². The number of nitrogens with two attached hydrogens (primary N) is 2. The summed E-state index contributed by atoms with van der Waals surface area (Å²) in [6.07, 6.45) is 3.34. The molecule has 254 valence electrons. The zero-order chi connectivity index (χ0) is 35.4. The SMILES string of the molecule is Nc1ncnc2ccc(-c3cc(F)cc(C(=O)NC4CC(O)C4)c3)nc12.Nc1ncnc2ccc(-c3cc(F)cc(C(=O)NCCO)c3)nc12. The Hall–Kier alpha value is -6.26. The van der Waals surface area contributed by atoms with E-state index in [0.717, 1.165) is 6.07 Å². The fourth-order valence-corrected chi connectivity index (χ4v) is 5.22. The van der Waals surface area contributed by atoms with E-state index in [1.54, 1.807) is 30.3 Å². The molecule has 4 heterocycles. The number of aliphatic hydroxyl groups excluding tert-OH is 2. The van der Waals surface area contributed by atoms with E-state index in [1.807, 2.05) is 0 Å². The van der Waals surface area contributed by atoms with Gasteiger partial charge in [-0.05, 0) is 73.5 Å². The predicted octanol–water partition coefficient (Wildman–Crippen LogP) is 2.80. The number of rotatable bonds is 7. The third-order valence-corrected chi connectivity index (χ3v) is 7.78. The number of hydrogen-bond acceptors (Lipinski definition) is 12. The second-order valence-electron chi connectivity index (χ2n) is 11.4. The number of nitrogens with zero attached hydrogens (tertiary/aromatic N) is 6. The normalized spacial score (nSPS) is 15.1. The van der Waals surface area contributed by atoms with Crippen LogP contribution in [0.3, 0.4) is 0 Å². The average molecular weight is 681 g/mol. The summed E-state index contributed by atoms with van der Waals surface area (Å²) in [5.41, 5.74) is 15.7. The molecule has 0 saturated heterocycles. The molecule has 8 N–H and O–H groups in total. The van der Waals surface area contributed by atoms with Crippen LogP contribution in [-0.4, -0.2) is 77.2 Å². The first-order valence-electron chi connectivity index (χ1n) is 15.3. The van der Waals surface area contributed by atoms with Crippen molar-refractivity contribution in [3.63, 3.8) is 0 Å². The van der Waals surface area contributed by atoms with Gasteiger partial charge in [0.1, 0.15) is 35.3 Å². The first-order chi connectivity index (χ1) is 24.1. The van der Waals surface area contributed by atoms with Crippen LogP contribution in [0.4, 0.5) is 20.4 Å². The van der Waals surface area contributed by atoms with Crippen molar-refractivity contribution in [1.82, 2.24) is 40.5 Å². The monoisotopic (exact) mass is 680 g/mol. The molecule has 2 amide bonds. The highest BCUT2D eigenvalue weighted by atomic mass is 19.1. The molecule has 0 aliphatic heterocycles. The molecule has 1 aliphatic carbocycles. The van der Waals surface area contributed by atoms with Gasteiger partial charge in [-0.25, -0.2) is 38.7 Å². The molecule has 6 aromatic rings. The minimum absolute atomic E-state index is 0.0834. The maximum atomic E-state index is 14.1. The summed E-state index contributed by atoms with van der Waals surface area (Å²) in [7, 11) is 0. The number of fused-ring (bicyclic) bond motifs is 2. The van der Waals surface area contributed by atoms with Gasteiger partial charge in [0.2, 0.25) is 0 Å². The Morgan fingerprint density at radius 1 is 0.740 bits per heavy atom. The fourth-order valence-electron chi connectivity index (χ4n) is 5.22. The molecule has 2 aromatic carbocycles. The van der Waals surface area contributed by atoms with Crippen molar-refractivity contribution in [1.29, 1.82) is 0 Å². The molecule has 0 atom stereocenters. The van der Waals surface area contributed by atoms with Crippen LogP contribution in [0.25, 0.3) is 44.6 Å². The first kappa shape index (κ1) is 33.6. The van der Waals surface area contributed by atoms with Gasteiger partial charge in [0.15, 0.2) is 11.6 Å². The van der Waals surface area contributed by atoms with E-state index in [9.17, 15) is 23.5 Å². The summed E-state index contributed by atoms with van der Waals surface area (Å²) in [4.78, 5) is 49.0. The average Bonchev–Trinajstić information content (AvgIpc) is 3.09. The summed E-state index contributed by atoms with van der Waals surface area (Å²) < 4.78 is 27.9. The number of carbonyl (C=O) groups is 2. The Morgan fingerprint density at radius 2 is 1.24 bits per heavy atom. The number of nitrogens with one attached hydrogen (secondary N) is 2. The highest BCUT2D eigenvalue weighted by Crippen LogP contribution is 2.26. The number of carbonyl (C=O) groups excluding carboxylic acids is 2. The topological polar surface area (TPSA) is 228 Å². The molecule has 0 bridgehead atoms. The predicted molar refractivity (Wildman–Crippen MR) is 180 cm³/mol. The molecule has 1 saturated carbocycles. The fraction of sp³-hybridized carbons (Fsp3) is 0.176. The number of anilines is 2. The van der Waals surface area contributed by atoms with E-state index in [-0.39, 0.29) is 54.0 Å². The highest BCUT2D eigenvalue weighted by molar-refractivity contribution is 5.96. The van der Waals surface area contributed by atoms with Crippen LogP contribution < -0.4 is 22.1 Å². The van der Waals surface area contributed by atoms with Gasteiger partial charge in [-0.3, -0.25) is 9.59 Å². The van der Waals surface area contributed by atoms with Crippen molar-refractivity contribution in [2.75, 3.05) is 24.6 Å². The minimum Gasteiger partial charge on any atom is -0.395 e. The number of nitrogen functional groups attached to an aromatic ring is 2. The lowest BCUT2D eigenvalue weighted by Crippen LogP contribution is -2.46. The molecule has 1 fully saturated rings. The van der Waals surface area contributed by atoms with Crippen molar-refractivity contribution in [2.45, 2.75) is 25.0 Å². The zero-order valence-electron chi connectivity index (χ0n) is 26.2. The number of aromatic nitrogens is 6. The first-order valence-corrected chi connectivity index (χ1v) is 15.3. The molecule has 14 nitrogen and oxygen atoms in total.